The Morgan fingerprint density at radius 1 is 0.833 bits per heavy atom. The van der Waals surface area contributed by atoms with Crippen molar-refractivity contribution in [3.05, 3.63) is 69.0 Å². The molecular formula is C22H21N3O3S2. The van der Waals surface area contributed by atoms with Gasteiger partial charge in [0.1, 0.15) is 0 Å². The normalized spacial score (nSPS) is 14.3. The SMILES string of the molecule is O=C(Nc1cccc(NC(=O)C2CCN(C(=O)c3cccs3)CC2)c1)c1cccs1. The third-order valence-electron chi connectivity index (χ3n) is 5.02. The Bertz CT molecular complexity index is 1020. The summed E-state index contributed by atoms with van der Waals surface area (Å²) in [7, 11) is 0. The van der Waals surface area contributed by atoms with Crippen molar-refractivity contribution in [2.75, 3.05) is 23.7 Å². The first-order chi connectivity index (χ1) is 14.6. The summed E-state index contributed by atoms with van der Waals surface area (Å²) in [6.07, 6.45) is 1.27. The van der Waals surface area contributed by atoms with Gasteiger partial charge in [-0.1, -0.05) is 18.2 Å². The number of amides is 3. The Labute approximate surface area is 182 Å². The molecule has 2 N–H and O–H groups in total. The summed E-state index contributed by atoms with van der Waals surface area (Å²) in [6, 6.07) is 14.4. The maximum Gasteiger partial charge on any atom is 0.265 e. The van der Waals surface area contributed by atoms with Gasteiger partial charge in [0.05, 0.1) is 9.75 Å². The fourth-order valence-corrected chi connectivity index (χ4v) is 4.73. The molecule has 4 rings (SSSR count). The highest BCUT2D eigenvalue weighted by Crippen LogP contribution is 2.23. The highest BCUT2D eigenvalue weighted by molar-refractivity contribution is 7.12. The number of piperidine rings is 1. The van der Waals surface area contributed by atoms with Crippen LogP contribution in [0.4, 0.5) is 11.4 Å². The van der Waals surface area contributed by atoms with Crippen molar-refractivity contribution < 1.29 is 14.4 Å². The van der Waals surface area contributed by atoms with Gasteiger partial charge in [-0.15, -0.1) is 22.7 Å². The fraction of sp³-hybridized carbons (Fsp3) is 0.227. The monoisotopic (exact) mass is 439 g/mol. The number of carbonyl (C=O) groups is 3. The molecule has 1 aromatic carbocycles. The second-order valence-electron chi connectivity index (χ2n) is 7.05. The minimum atomic E-state index is -0.170. The Morgan fingerprint density at radius 3 is 2.10 bits per heavy atom. The van der Waals surface area contributed by atoms with E-state index in [0.29, 0.717) is 42.2 Å². The van der Waals surface area contributed by atoms with Gasteiger partial charge in [0.15, 0.2) is 0 Å². The smallest absolute Gasteiger partial charge is 0.265 e. The number of thiophene rings is 2. The van der Waals surface area contributed by atoms with Crippen LogP contribution in [-0.4, -0.2) is 35.7 Å². The molecule has 1 saturated heterocycles. The molecule has 6 nitrogen and oxygen atoms in total. The van der Waals surface area contributed by atoms with Crippen LogP contribution < -0.4 is 10.6 Å². The average molecular weight is 440 g/mol. The molecule has 1 fully saturated rings. The lowest BCUT2D eigenvalue weighted by Gasteiger charge is -2.31. The molecule has 1 aliphatic heterocycles. The largest absolute Gasteiger partial charge is 0.338 e. The van der Waals surface area contributed by atoms with Crippen LogP contribution in [0.2, 0.25) is 0 Å². The summed E-state index contributed by atoms with van der Waals surface area (Å²) < 4.78 is 0. The highest BCUT2D eigenvalue weighted by atomic mass is 32.1. The molecule has 0 unspecified atom stereocenters. The molecular weight excluding hydrogens is 418 g/mol. The van der Waals surface area contributed by atoms with Gasteiger partial charge in [0.2, 0.25) is 5.91 Å². The van der Waals surface area contributed by atoms with Crippen molar-refractivity contribution in [1.29, 1.82) is 0 Å². The van der Waals surface area contributed by atoms with Crippen molar-refractivity contribution in [2.45, 2.75) is 12.8 Å². The molecule has 3 amide bonds. The van der Waals surface area contributed by atoms with Crippen LogP contribution in [0.1, 0.15) is 32.2 Å². The summed E-state index contributed by atoms with van der Waals surface area (Å²) in [5, 5.41) is 9.53. The predicted molar refractivity (Wildman–Crippen MR) is 120 cm³/mol. The topological polar surface area (TPSA) is 78.5 Å². The van der Waals surface area contributed by atoms with Crippen LogP contribution in [0.25, 0.3) is 0 Å². The number of likely N-dealkylation sites (tertiary alicyclic amines) is 1. The van der Waals surface area contributed by atoms with Crippen LogP contribution in [-0.2, 0) is 4.79 Å². The summed E-state index contributed by atoms with van der Waals surface area (Å²) in [5.41, 5.74) is 1.27. The van der Waals surface area contributed by atoms with E-state index in [1.807, 2.05) is 33.9 Å². The molecule has 0 atom stereocenters. The molecule has 0 bridgehead atoms. The fourth-order valence-electron chi connectivity index (χ4n) is 3.42. The maximum atomic E-state index is 12.7. The van der Waals surface area contributed by atoms with E-state index in [0.717, 1.165) is 4.88 Å². The van der Waals surface area contributed by atoms with Crippen LogP contribution in [0.15, 0.2) is 59.3 Å². The van der Waals surface area contributed by atoms with E-state index in [2.05, 4.69) is 10.6 Å². The molecule has 2 aromatic heterocycles. The number of hydrogen-bond donors (Lipinski definition) is 2. The molecule has 0 saturated carbocycles. The van der Waals surface area contributed by atoms with Crippen LogP contribution >= 0.6 is 22.7 Å². The van der Waals surface area contributed by atoms with Gasteiger partial charge in [0.25, 0.3) is 11.8 Å². The molecule has 0 aliphatic carbocycles. The number of nitrogens with zero attached hydrogens (tertiary/aromatic N) is 1. The van der Waals surface area contributed by atoms with Crippen molar-refractivity contribution in [2.24, 2.45) is 5.92 Å². The van der Waals surface area contributed by atoms with E-state index in [1.165, 1.54) is 22.7 Å². The van der Waals surface area contributed by atoms with Gasteiger partial charge in [-0.25, -0.2) is 0 Å². The van der Waals surface area contributed by atoms with Crippen LogP contribution in [0.5, 0.6) is 0 Å². The Kier molecular flexibility index (Phi) is 6.25. The van der Waals surface area contributed by atoms with E-state index < -0.39 is 0 Å². The number of hydrogen-bond acceptors (Lipinski definition) is 5. The molecule has 3 heterocycles. The molecule has 0 radical (unpaired) electrons. The minimum Gasteiger partial charge on any atom is -0.338 e. The van der Waals surface area contributed by atoms with E-state index in [4.69, 9.17) is 0 Å². The summed E-state index contributed by atoms with van der Waals surface area (Å²) in [5.74, 6) is -0.323. The molecule has 1 aliphatic rings. The molecule has 154 valence electrons. The highest BCUT2D eigenvalue weighted by Gasteiger charge is 2.28. The minimum absolute atomic E-state index is 0.0399. The van der Waals surface area contributed by atoms with Gasteiger partial charge in [0, 0.05) is 30.4 Å². The lowest BCUT2D eigenvalue weighted by molar-refractivity contribution is -0.121. The van der Waals surface area contributed by atoms with Crippen molar-refractivity contribution in [3.8, 4) is 0 Å². The third-order valence-corrected chi connectivity index (χ3v) is 6.74. The first kappa shape index (κ1) is 20.3. The zero-order chi connectivity index (χ0) is 20.9. The number of anilines is 2. The van der Waals surface area contributed by atoms with Gasteiger partial charge in [-0.05, 0) is 53.9 Å². The Hall–Kier alpha value is -2.97. The van der Waals surface area contributed by atoms with Crippen molar-refractivity contribution in [1.82, 2.24) is 4.90 Å². The zero-order valence-electron chi connectivity index (χ0n) is 16.2. The second kappa shape index (κ2) is 9.23. The summed E-state index contributed by atoms with van der Waals surface area (Å²) in [6.45, 7) is 1.15. The predicted octanol–water partition coefficient (Wildman–Crippen LogP) is 4.55. The average Bonchev–Trinajstić information content (AvgIpc) is 3.48. The molecule has 0 spiro atoms. The number of rotatable bonds is 5. The first-order valence-corrected chi connectivity index (χ1v) is 11.4. The lowest BCUT2D eigenvalue weighted by atomic mass is 9.95. The van der Waals surface area contributed by atoms with Gasteiger partial charge >= 0.3 is 0 Å². The van der Waals surface area contributed by atoms with Crippen LogP contribution in [0.3, 0.4) is 0 Å². The number of benzene rings is 1. The van der Waals surface area contributed by atoms with Crippen molar-refractivity contribution >= 4 is 51.8 Å². The quantitative estimate of drug-likeness (QED) is 0.612. The zero-order valence-corrected chi connectivity index (χ0v) is 17.8. The van der Waals surface area contributed by atoms with Crippen LogP contribution in [0, 0.1) is 5.92 Å². The molecule has 8 heteroatoms. The lowest BCUT2D eigenvalue weighted by Crippen LogP contribution is -2.41. The van der Waals surface area contributed by atoms with E-state index in [1.54, 1.807) is 30.3 Å². The summed E-state index contributed by atoms with van der Waals surface area (Å²) >= 11 is 2.81. The van der Waals surface area contributed by atoms with Gasteiger partial charge in [-0.2, -0.15) is 0 Å². The van der Waals surface area contributed by atoms with Gasteiger partial charge < -0.3 is 15.5 Å². The number of nitrogens with one attached hydrogen (secondary N) is 2. The maximum absolute atomic E-state index is 12.7. The first-order valence-electron chi connectivity index (χ1n) is 9.69. The molecule has 30 heavy (non-hydrogen) atoms. The van der Waals surface area contributed by atoms with Gasteiger partial charge in [-0.3, -0.25) is 14.4 Å². The van der Waals surface area contributed by atoms with E-state index in [9.17, 15) is 14.4 Å². The standard InChI is InChI=1S/C22H21N3O3S2/c26-20(15-8-10-25(11-9-15)22(28)19-7-3-13-30-19)23-16-4-1-5-17(14-16)24-21(27)18-6-2-12-29-18/h1-7,12-15H,8-11H2,(H,23,26)(H,24,27). The second-order valence-corrected chi connectivity index (χ2v) is 8.94. The summed E-state index contributed by atoms with van der Waals surface area (Å²) in [4.78, 5) is 40.5. The van der Waals surface area contributed by atoms with E-state index in [-0.39, 0.29) is 23.6 Å². The molecule has 3 aromatic rings. The van der Waals surface area contributed by atoms with Crippen molar-refractivity contribution in [3.63, 3.8) is 0 Å². The number of carbonyl (C=O) groups excluding carboxylic acids is 3. The third kappa shape index (κ3) is 4.77. The Morgan fingerprint density at radius 2 is 1.47 bits per heavy atom. The van der Waals surface area contributed by atoms with E-state index >= 15 is 0 Å². The Balaban J connectivity index is 1.31.